The highest BCUT2D eigenvalue weighted by Crippen LogP contribution is 2.34. The molecule has 2 unspecified atom stereocenters. The Balaban J connectivity index is 2.52. The number of carbonyl (C=O) groups excluding carboxylic acids is 1. The molecule has 1 heterocycles. The van der Waals surface area contributed by atoms with Crippen LogP contribution in [-0.2, 0) is 4.79 Å². The molecule has 0 spiro atoms. The van der Waals surface area contributed by atoms with Gasteiger partial charge in [0.15, 0.2) is 0 Å². The molecule has 0 aliphatic rings. The Morgan fingerprint density at radius 2 is 1.74 bits per heavy atom. The van der Waals surface area contributed by atoms with Crippen molar-refractivity contribution in [3.05, 3.63) is 53.2 Å². The summed E-state index contributed by atoms with van der Waals surface area (Å²) in [5, 5.41) is 15.3. The number of hydrogen-bond donors (Lipinski definition) is 3. The lowest BCUT2D eigenvalue weighted by Gasteiger charge is -2.24. The Morgan fingerprint density at radius 3 is 2.35 bits per heavy atom. The number of pyridine rings is 1. The summed E-state index contributed by atoms with van der Waals surface area (Å²) in [4.78, 5) is 16.5. The molecule has 1 amide bonds. The normalized spacial score (nSPS) is 13.1. The van der Waals surface area contributed by atoms with E-state index in [-0.39, 0.29) is 35.0 Å². The maximum absolute atomic E-state index is 13.9. The number of benzene rings is 1. The Hall–Kier alpha value is -2.83. The highest BCUT2D eigenvalue weighted by molar-refractivity contribution is 6.15. The molecule has 186 valence electrons. The minimum Gasteiger partial charge on any atom is -0.382 e. The number of unbranched alkanes of at least 4 members (excludes halogenated alkanes) is 1. The van der Waals surface area contributed by atoms with E-state index in [1.54, 1.807) is 19.9 Å². The number of alkyl halides is 2. The molecule has 2 rings (SSSR count). The summed E-state index contributed by atoms with van der Waals surface area (Å²) in [7, 11) is 0. The van der Waals surface area contributed by atoms with Crippen LogP contribution < -0.4 is 10.6 Å². The summed E-state index contributed by atoms with van der Waals surface area (Å²) in [6, 6.07) is 9.37. The zero-order valence-electron chi connectivity index (χ0n) is 20.9. The van der Waals surface area contributed by atoms with Crippen LogP contribution in [0.4, 0.5) is 20.3 Å². The van der Waals surface area contributed by atoms with Crippen LogP contribution in [0.15, 0.2) is 36.5 Å². The van der Waals surface area contributed by atoms with E-state index >= 15 is 0 Å². The molecule has 0 saturated heterocycles. The van der Waals surface area contributed by atoms with Crippen LogP contribution in [0.2, 0.25) is 0 Å². The Bertz CT molecular complexity index is 961. The van der Waals surface area contributed by atoms with Crippen molar-refractivity contribution in [2.24, 2.45) is 5.92 Å². The molecule has 0 bridgehead atoms. The van der Waals surface area contributed by atoms with Gasteiger partial charge in [-0.25, -0.2) is 13.8 Å². The minimum absolute atomic E-state index is 0.0889. The van der Waals surface area contributed by atoms with Crippen LogP contribution in [0.5, 0.6) is 0 Å². The standard InChI is InChI=1S/C27H38F2N4O/c1-6-8-12-19(11-7-2)32-22-14-10-9-13-20(22)24(30)21-15-16-31-26(33-27(34)17(3)4)23(21)18(5)25(28)29/h9-10,13-19,25,30,32H,6-8,11-12H2,1-5H3,(H,31,33,34). The van der Waals surface area contributed by atoms with Gasteiger partial charge in [0.05, 0.1) is 5.71 Å². The van der Waals surface area contributed by atoms with Crippen molar-refractivity contribution in [2.45, 2.75) is 85.1 Å². The van der Waals surface area contributed by atoms with Gasteiger partial charge in [-0.05, 0) is 25.0 Å². The van der Waals surface area contributed by atoms with Crippen molar-refractivity contribution in [1.82, 2.24) is 4.98 Å². The molecular formula is C27H38F2N4O. The number of halogens is 2. The third kappa shape index (κ3) is 7.08. The molecule has 0 aliphatic heterocycles. The molecule has 7 heteroatoms. The predicted molar refractivity (Wildman–Crippen MR) is 136 cm³/mol. The van der Waals surface area contributed by atoms with Gasteiger partial charge in [-0.2, -0.15) is 0 Å². The van der Waals surface area contributed by atoms with Crippen molar-refractivity contribution < 1.29 is 13.6 Å². The number of para-hydroxylation sites is 1. The lowest BCUT2D eigenvalue weighted by atomic mass is 9.90. The van der Waals surface area contributed by atoms with E-state index in [4.69, 9.17) is 5.41 Å². The molecule has 2 atom stereocenters. The first-order valence-electron chi connectivity index (χ1n) is 12.2. The number of carbonyl (C=O) groups is 1. The second-order valence-electron chi connectivity index (χ2n) is 9.08. The van der Waals surface area contributed by atoms with Gasteiger partial charge in [-0.3, -0.25) is 10.2 Å². The molecule has 0 saturated carbocycles. The average molecular weight is 473 g/mol. The summed E-state index contributed by atoms with van der Waals surface area (Å²) in [5.74, 6) is -1.75. The molecule has 0 fully saturated rings. The topological polar surface area (TPSA) is 77.9 Å². The van der Waals surface area contributed by atoms with Crippen LogP contribution >= 0.6 is 0 Å². The summed E-state index contributed by atoms with van der Waals surface area (Å²) in [5.41, 5.74) is 2.09. The molecule has 0 aliphatic carbocycles. The van der Waals surface area contributed by atoms with Gasteiger partial charge in [0.2, 0.25) is 12.3 Å². The third-order valence-corrected chi connectivity index (χ3v) is 5.96. The smallest absolute Gasteiger partial charge is 0.245 e. The Labute approximate surface area is 202 Å². The summed E-state index contributed by atoms with van der Waals surface area (Å²) >= 11 is 0. The van der Waals surface area contributed by atoms with E-state index in [0.717, 1.165) is 37.8 Å². The molecule has 34 heavy (non-hydrogen) atoms. The fraction of sp³-hybridized carbons (Fsp3) is 0.519. The van der Waals surface area contributed by atoms with Crippen LogP contribution in [0.3, 0.4) is 0 Å². The molecule has 1 aromatic heterocycles. The molecule has 2 aromatic rings. The minimum atomic E-state index is -2.67. The fourth-order valence-corrected chi connectivity index (χ4v) is 3.92. The Kier molecular flexibility index (Phi) is 10.6. The van der Waals surface area contributed by atoms with Crippen LogP contribution in [0, 0.1) is 11.3 Å². The van der Waals surface area contributed by atoms with Gasteiger partial charge in [-0.15, -0.1) is 0 Å². The van der Waals surface area contributed by atoms with Gasteiger partial charge in [0.1, 0.15) is 5.82 Å². The van der Waals surface area contributed by atoms with Crippen LogP contribution in [-0.4, -0.2) is 29.1 Å². The number of rotatable bonds is 13. The lowest BCUT2D eigenvalue weighted by molar-refractivity contribution is -0.118. The van der Waals surface area contributed by atoms with Crippen molar-refractivity contribution in [1.29, 1.82) is 5.41 Å². The first-order chi connectivity index (χ1) is 16.2. The molecule has 3 N–H and O–H groups in total. The van der Waals surface area contributed by atoms with E-state index < -0.39 is 12.3 Å². The van der Waals surface area contributed by atoms with E-state index in [0.29, 0.717) is 11.1 Å². The summed E-state index contributed by atoms with van der Waals surface area (Å²) in [6.45, 7) is 9.17. The SMILES string of the molecule is CCCCC(CCC)Nc1ccccc1C(=N)c1ccnc(NC(=O)C(C)C)c1C(C)C(F)F. The quantitative estimate of drug-likeness (QED) is 0.269. The number of anilines is 2. The Morgan fingerprint density at radius 1 is 1.03 bits per heavy atom. The highest BCUT2D eigenvalue weighted by atomic mass is 19.3. The zero-order chi connectivity index (χ0) is 25.3. The first-order valence-corrected chi connectivity index (χ1v) is 12.2. The highest BCUT2D eigenvalue weighted by Gasteiger charge is 2.28. The molecule has 1 aromatic carbocycles. The summed E-state index contributed by atoms with van der Waals surface area (Å²) < 4.78 is 27.7. The van der Waals surface area contributed by atoms with E-state index in [9.17, 15) is 13.6 Å². The third-order valence-electron chi connectivity index (χ3n) is 5.96. The number of nitrogens with zero attached hydrogens (tertiary/aromatic N) is 1. The zero-order valence-corrected chi connectivity index (χ0v) is 20.9. The second-order valence-corrected chi connectivity index (χ2v) is 9.08. The predicted octanol–water partition coefficient (Wildman–Crippen LogP) is 7.23. The van der Waals surface area contributed by atoms with E-state index in [1.165, 1.54) is 13.1 Å². The van der Waals surface area contributed by atoms with Gasteiger partial charge in [0, 0.05) is 46.5 Å². The first kappa shape index (κ1) is 27.4. The molecule has 5 nitrogen and oxygen atoms in total. The largest absolute Gasteiger partial charge is 0.382 e. The number of amides is 1. The van der Waals surface area contributed by atoms with Crippen molar-refractivity contribution in [3.8, 4) is 0 Å². The monoisotopic (exact) mass is 472 g/mol. The maximum Gasteiger partial charge on any atom is 0.245 e. The van der Waals surface area contributed by atoms with Gasteiger partial charge >= 0.3 is 0 Å². The number of aromatic nitrogens is 1. The van der Waals surface area contributed by atoms with Crippen molar-refractivity contribution in [3.63, 3.8) is 0 Å². The van der Waals surface area contributed by atoms with Crippen LogP contribution in [0.25, 0.3) is 0 Å². The van der Waals surface area contributed by atoms with E-state index in [2.05, 4.69) is 29.5 Å². The fourth-order valence-electron chi connectivity index (χ4n) is 3.92. The van der Waals surface area contributed by atoms with Crippen molar-refractivity contribution >= 4 is 23.1 Å². The average Bonchev–Trinajstić information content (AvgIpc) is 2.81. The van der Waals surface area contributed by atoms with E-state index in [1.807, 2.05) is 24.3 Å². The molecular weight excluding hydrogens is 434 g/mol. The number of nitrogens with one attached hydrogen (secondary N) is 3. The van der Waals surface area contributed by atoms with Crippen LogP contribution in [0.1, 0.15) is 89.3 Å². The van der Waals surface area contributed by atoms with Crippen molar-refractivity contribution in [2.75, 3.05) is 10.6 Å². The van der Waals surface area contributed by atoms with Gasteiger partial charge in [-0.1, -0.05) is 72.1 Å². The number of hydrogen-bond acceptors (Lipinski definition) is 4. The summed E-state index contributed by atoms with van der Waals surface area (Å²) in [6.07, 6.45) is 4.09. The second kappa shape index (κ2) is 13.2. The molecule has 0 radical (unpaired) electrons. The lowest BCUT2D eigenvalue weighted by Crippen LogP contribution is -2.23. The maximum atomic E-state index is 13.9. The van der Waals surface area contributed by atoms with Gasteiger partial charge < -0.3 is 10.6 Å². The van der Waals surface area contributed by atoms with Gasteiger partial charge in [0.25, 0.3) is 0 Å².